The fraction of sp³-hybridized carbons (Fsp3) is 0.125. The van der Waals surface area contributed by atoms with E-state index in [4.69, 9.17) is 16.9 Å². The molecule has 3 aromatic rings. The summed E-state index contributed by atoms with van der Waals surface area (Å²) in [5.41, 5.74) is -0.303. The van der Waals surface area contributed by atoms with Crippen LogP contribution >= 0.6 is 11.6 Å². The third-order valence-corrected chi connectivity index (χ3v) is 5.23. The first-order valence-corrected chi connectivity index (χ1v) is 9.18. The molecular formula is C16H11ClF2N4O2S. The molecule has 0 fully saturated rings. The SMILES string of the molecule is N#CCCc1cc(F)c(NS(=O)(=O)c2cnn3cc(Cl)ccc23)cc1F. The van der Waals surface area contributed by atoms with Gasteiger partial charge in [0.15, 0.2) is 0 Å². The van der Waals surface area contributed by atoms with Gasteiger partial charge in [0.25, 0.3) is 10.0 Å². The molecular weight excluding hydrogens is 386 g/mol. The number of hydrogen-bond acceptors (Lipinski definition) is 4. The van der Waals surface area contributed by atoms with Crippen molar-refractivity contribution < 1.29 is 17.2 Å². The van der Waals surface area contributed by atoms with Gasteiger partial charge in [0.1, 0.15) is 16.5 Å². The summed E-state index contributed by atoms with van der Waals surface area (Å²) < 4.78 is 56.6. The molecule has 26 heavy (non-hydrogen) atoms. The van der Waals surface area contributed by atoms with E-state index in [1.807, 2.05) is 10.8 Å². The van der Waals surface area contributed by atoms with E-state index in [2.05, 4.69) is 5.10 Å². The Labute approximate surface area is 152 Å². The normalized spacial score (nSPS) is 11.5. The van der Waals surface area contributed by atoms with Gasteiger partial charge in [-0.3, -0.25) is 4.72 Å². The number of halogens is 3. The zero-order valence-electron chi connectivity index (χ0n) is 13.1. The number of nitriles is 1. The Balaban J connectivity index is 1.97. The number of benzene rings is 1. The van der Waals surface area contributed by atoms with E-state index in [0.717, 1.165) is 18.3 Å². The molecule has 1 aromatic carbocycles. The van der Waals surface area contributed by atoms with E-state index >= 15 is 0 Å². The number of anilines is 1. The fourth-order valence-electron chi connectivity index (χ4n) is 2.39. The molecule has 0 saturated heterocycles. The molecule has 0 saturated carbocycles. The minimum atomic E-state index is -4.21. The summed E-state index contributed by atoms with van der Waals surface area (Å²) in [6.45, 7) is 0. The summed E-state index contributed by atoms with van der Waals surface area (Å²) in [4.78, 5) is -0.206. The Hall–Kier alpha value is -2.70. The van der Waals surface area contributed by atoms with E-state index in [9.17, 15) is 17.2 Å². The molecule has 2 heterocycles. The van der Waals surface area contributed by atoms with Gasteiger partial charge in [-0.25, -0.2) is 21.7 Å². The highest BCUT2D eigenvalue weighted by Crippen LogP contribution is 2.25. The average Bonchev–Trinajstić information content (AvgIpc) is 3.00. The summed E-state index contributed by atoms with van der Waals surface area (Å²) in [6, 6.07) is 6.40. The molecule has 6 nitrogen and oxygen atoms in total. The number of fused-ring (bicyclic) bond motifs is 1. The molecule has 134 valence electrons. The second-order valence-corrected chi connectivity index (χ2v) is 7.46. The van der Waals surface area contributed by atoms with Gasteiger partial charge in [0.05, 0.1) is 28.5 Å². The number of sulfonamides is 1. The van der Waals surface area contributed by atoms with Gasteiger partial charge in [-0.1, -0.05) is 11.6 Å². The standard InChI is InChI=1S/C16H11ClF2N4O2S/c17-11-3-4-15-16(8-21-23(15)9-11)26(24,25)22-14-7-12(18)10(2-1-5-20)6-13(14)19/h3-4,6-9,22H,1-2H2. The molecule has 3 rings (SSSR count). The molecule has 2 aromatic heterocycles. The predicted molar refractivity (Wildman–Crippen MR) is 91.3 cm³/mol. The third kappa shape index (κ3) is 3.47. The van der Waals surface area contributed by atoms with E-state index in [1.165, 1.54) is 22.8 Å². The van der Waals surface area contributed by atoms with Gasteiger partial charge in [-0.15, -0.1) is 0 Å². The summed E-state index contributed by atoms with van der Waals surface area (Å²) in [7, 11) is -4.21. The van der Waals surface area contributed by atoms with Crippen LogP contribution in [0.2, 0.25) is 5.02 Å². The number of pyridine rings is 1. The number of aryl methyl sites for hydroxylation is 1. The lowest BCUT2D eigenvalue weighted by molar-refractivity contribution is 0.585. The first-order chi connectivity index (χ1) is 12.3. The molecule has 0 atom stereocenters. The van der Waals surface area contributed by atoms with Gasteiger partial charge >= 0.3 is 0 Å². The van der Waals surface area contributed by atoms with E-state index in [0.29, 0.717) is 5.02 Å². The maximum atomic E-state index is 14.2. The Morgan fingerprint density at radius 1 is 1.27 bits per heavy atom. The number of hydrogen-bond donors (Lipinski definition) is 1. The van der Waals surface area contributed by atoms with Gasteiger partial charge in [-0.2, -0.15) is 10.4 Å². The van der Waals surface area contributed by atoms with Crippen LogP contribution in [0.15, 0.2) is 41.6 Å². The number of aromatic nitrogens is 2. The lowest BCUT2D eigenvalue weighted by Crippen LogP contribution is -2.14. The van der Waals surface area contributed by atoms with Gasteiger partial charge in [-0.05, 0) is 30.2 Å². The van der Waals surface area contributed by atoms with Crippen molar-refractivity contribution in [1.82, 2.24) is 9.61 Å². The van der Waals surface area contributed by atoms with Crippen LogP contribution in [0.1, 0.15) is 12.0 Å². The summed E-state index contributed by atoms with van der Waals surface area (Å²) in [5.74, 6) is -1.74. The topological polar surface area (TPSA) is 87.3 Å². The maximum absolute atomic E-state index is 14.2. The van der Waals surface area contributed by atoms with E-state index < -0.39 is 27.3 Å². The highest BCUT2D eigenvalue weighted by Gasteiger charge is 2.22. The van der Waals surface area contributed by atoms with Gasteiger partial charge in [0, 0.05) is 18.7 Å². The van der Waals surface area contributed by atoms with Crippen molar-refractivity contribution in [2.75, 3.05) is 4.72 Å². The Kier molecular flexibility index (Phi) is 4.80. The van der Waals surface area contributed by atoms with Crippen LogP contribution in [0.25, 0.3) is 5.52 Å². The van der Waals surface area contributed by atoms with Crippen molar-refractivity contribution in [1.29, 1.82) is 5.26 Å². The zero-order valence-corrected chi connectivity index (χ0v) is 14.7. The van der Waals surface area contributed by atoms with E-state index in [1.54, 1.807) is 0 Å². The first-order valence-electron chi connectivity index (χ1n) is 7.32. The predicted octanol–water partition coefficient (Wildman–Crippen LogP) is 3.52. The molecule has 10 heteroatoms. The van der Waals surface area contributed by atoms with Crippen LogP contribution in [0, 0.1) is 23.0 Å². The Bertz CT molecular complexity index is 1140. The van der Waals surface area contributed by atoms with Crippen molar-refractivity contribution in [3.8, 4) is 6.07 Å². The summed E-state index contributed by atoms with van der Waals surface area (Å²) >= 11 is 5.82. The molecule has 0 aliphatic heterocycles. The summed E-state index contributed by atoms with van der Waals surface area (Å²) in [5, 5.41) is 12.8. The largest absolute Gasteiger partial charge is 0.276 e. The van der Waals surface area contributed by atoms with Crippen LogP contribution in [-0.2, 0) is 16.4 Å². The smallest absolute Gasteiger partial charge is 0.265 e. The highest BCUT2D eigenvalue weighted by molar-refractivity contribution is 7.93. The maximum Gasteiger partial charge on any atom is 0.265 e. The van der Waals surface area contributed by atoms with Crippen molar-refractivity contribution in [2.24, 2.45) is 0 Å². The van der Waals surface area contributed by atoms with Gasteiger partial charge < -0.3 is 0 Å². The highest BCUT2D eigenvalue weighted by atomic mass is 35.5. The third-order valence-electron chi connectivity index (χ3n) is 3.62. The monoisotopic (exact) mass is 396 g/mol. The number of rotatable bonds is 5. The molecule has 1 N–H and O–H groups in total. The zero-order chi connectivity index (χ0) is 18.9. The molecule has 0 aliphatic carbocycles. The van der Waals surface area contributed by atoms with Crippen molar-refractivity contribution >= 4 is 32.8 Å². The van der Waals surface area contributed by atoms with Crippen molar-refractivity contribution in [3.63, 3.8) is 0 Å². The average molecular weight is 397 g/mol. The molecule has 0 amide bonds. The van der Waals surface area contributed by atoms with Crippen molar-refractivity contribution in [3.05, 3.63) is 58.9 Å². The van der Waals surface area contributed by atoms with Gasteiger partial charge in [0.2, 0.25) is 0 Å². The van der Waals surface area contributed by atoms with Crippen LogP contribution < -0.4 is 4.72 Å². The fourth-order valence-corrected chi connectivity index (χ4v) is 3.72. The summed E-state index contributed by atoms with van der Waals surface area (Å²) in [6.07, 6.45) is 2.55. The molecule has 0 unspecified atom stereocenters. The van der Waals surface area contributed by atoms with Crippen LogP contribution in [0.5, 0.6) is 0 Å². The molecule has 0 spiro atoms. The molecule has 0 radical (unpaired) electrons. The first kappa shape index (κ1) is 18.1. The minimum absolute atomic E-state index is 0.00220. The second-order valence-electron chi connectivity index (χ2n) is 5.37. The molecule has 0 bridgehead atoms. The lowest BCUT2D eigenvalue weighted by atomic mass is 10.1. The second kappa shape index (κ2) is 6.90. The van der Waals surface area contributed by atoms with Crippen LogP contribution in [0.3, 0.4) is 0 Å². The quantitative estimate of drug-likeness (QED) is 0.714. The minimum Gasteiger partial charge on any atom is -0.276 e. The van der Waals surface area contributed by atoms with Crippen molar-refractivity contribution in [2.45, 2.75) is 17.7 Å². The lowest BCUT2D eigenvalue weighted by Gasteiger charge is -2.10. The Morgan fingerprint density at radius 3 is 2.77 bits per heavy atom. The van der Waals surface area contributed by atoms with E-state index in [-0.39, 0.29) is 28.8 Å². The number of nitrogens with zero attached hydrogens (tertiary/aromatic N) is 3. The van der Waals surface area contributed by atoms with Crippen LogP contribution in [-0.4, -0.2) is 18.0 Å². The Morgan fingerprint density at radius 2 is 2.04 bits per heavy atom. The molecule has 0 aliphatic rings. The number of nitrogens with one attached hydrogen (secondary N) is 1. The van der Waals surface area contributed by atoms with Crippen LogP contribution in [0.4, 0.5) is 14.5 Å².